The van der Waals surface area contributed by atoms with Gasteiger partial charge in [0.05, 0.1) is 6.61 Å². The van der Waals surface area contributed by atoms with Crippen LogP contribution in [0, 0.1) is 5.41 Å². The molecule has 1 aromatic carbocycles. The van der Waals surface area contributed by atoms with Gasteiger partial charge in [-0.15, -0.1) is 0 Å². The minimum absolute atomic E-state index is 0.0136. The summed E-state index contributed by atoms with van der Waals surface area (Å²) in [6.07, 6.45) is 9.30. The average Bonchev–Trinajstić information content (AvgIpc) is 2.70. The molecule has 1 aliphatic rings. The van der Waals surface area contributed by atoms with Crippen molar-refractivity contribution < 1.29 is 9.84 Å². The number of allylic oxidation sites excluding steroid dienone is 4. The van der Waals surface area contributed by atoms with Gasteiger partial charge < -0.3 is 9.84 Å². The number of rotatable bonds is 8. The van der Waals surface area contributed by atoms with Gasteiger partial charge in [-0.25, -0.2) is 0 Å². The van der Waals surface area contributed by atoms with E-state index in [9.17, 15) is 5.11 Å². The fraction of sp³-hybridized carbons (Fsp3) is 0.500. The Morgan fingerprint density at radius 1 is 1.19 bits per heavy atom. The summed E-state index contributed by atoms with van der Waals surface area (Å²) in [4.78, 5) is 0. The van der Waals surface area contributed by atoms with Crippen LogP contribution in [0.5, 0.6) is 0 Å². The number of ether oxygens (including phenoxy) is 1. The van der Waals surface area contributed by atoms with Crippen molar-refractivity contribution >= 4 is 17.7 Å². The lowest BCUT2D eigenvalue weighted by Gasteiger charge is -2.40. The first-order chi connectivity index (χ1) is 13.0. The summed E-state index contributed by atoms with van der Waals surface area (Å²) < 4.78 is 6.25. The van der Waals surface area contributed by atoms with Crippen LogP contribution in [0.4, 0.5) is 0 Å². The van der Waals surface area contributed by atoms with Crippen molar-refractivity contribution in [3.8, 4) is 0 Å². The Hall–Kier alpha value is -1.67. The predicted molar refractivity (Wildman–Crippen MR) is 116 cm³/mol. The molecule has 1 aliphatic carbocycles. The van der Waals surface area contributed by atoms with Gasteiger partial charge in [-0.3, -0.25) is 0 Å². The lowest BCUT2D eigenvalue weighted by Crippen LogP contribution is -2.30. The molecule has 0 unspecified atom stereocenters. The molecule has 2 rings (SSSR count). The van der Waals surface area contributed by atoms with E-state index in [2.05, 4.69) is 27.7 Å². The van der Waals surface area contributed by atoms with E-state index in [4.69, 9.17) is 16.3 Å². The van der Waals surface area contributed by atoms with Crippen LogP contribution in [-0.2, 0) is 4.74 Å². The monoisotopic (exact) mass is 388 g/mol. The summed E-state index contributed by atoms with van der Waals surface area (Å²) in [6.45, 7) is 9.54. The largest absolute Gasteiger partial charge is 0.508 e. The first kappa shape index (κ1) is 21.6. The van der Waals surface area contributed by atoms with E-state index in [1.54, 1.807) is 6.08 Å². The molecule has 27 heavy (non-hydrogen) atoms. The first-order valence-corrected chi connectivity index (χ1v) is 10.6. The van der Waals surface area contributed by atoms with Crippen LogP contribution in [-0.4, -0.2) is 11.7 Å². The van der Waals surface area contributed by atoms with Crippen LogP contribution >= 0.6 is 11.6 Å². The second kappa shape index (κ2) is 10.0. The number of halogens is 1. The predicted octanol–water partition coefficient (Wildman–Crippen LogP) is 7.86. The van der Waals surface area contributed by atoms with Crippen molar-refractivity contribution in [2.75, 3.05) is 6.61 Å². The first-order valence-electron chi connectivity index (χ1n) is 10.2. The molecule has 148 valence electrons. The SMILES string of the molecule is CCCOC1=C(CC)C/C(=C(O)/C=C/c2ccccc2Cl)CC1(CC)CC. The minimum atomic E-state index is -0.0136. The highest BCUT2D eigenvalue weighted by Crippen LogP contribution is 2.50. The highest BCUT2D eigenvalue weighted by Gasteiger charge is 2.39. The maximum Gasteiger partial charge on any atom is 0.115 e. The van der Waals surface area contributed by atoms with Gasteiger partial charge in [0.1, 0.15) is 11.5 Å². The van der Waals surface area contributed by atoms with Crippen LogP contribution in [0.15, 0.2) is 53.0 Å². The normalized spacial score (nSPS) is 18.9. The molecule has 0 radical (unpaired) electrons. The molecule has 0 saturated heterocycles. The molecule has 0 fully saturated rings. The Kier molecular flexibility index (Phi) is 8.04. The maximum absolute atomic E-state index is 10.8. The third-order valence-electron chi connectivity index (χ3n) is 5.70. The second-order valence-electron chi connectivity index (χ2n) is 7.32. The van der Waals surface area contributed by atoms with E-state index in [1.165, 1.54) is 11.3 Å². The molecular weight excluding hydrogens is 356 g/mol. The van der Waals surface area contributed by atoms with Crippen LogP contribution in [0.1, 0.15) is 71.8 Å². The molecule has 0 amide bonds. The van der Waals surface area contributed by atoms with Gasteiger partial charge >= 0.3 is 0 Å². The molecule has 0 atom stereocenters. The van der Waals surface area contributed by atoms with Crippen molar-refractivity contribution in [1.82, 2.24) is 0 Å². The van der Waals surface area contributed by atoms with E-state index in [1.807, 2.05) is 30.3 Å². The Morgan fingerprint density at radius 3 is 2.48 bits per heavy atom. The molecule has 0 saturated carbocycles. The van der Waals surface area contributed by atoms with E-state index < -0.39 is 0 Å². The van der Waals surface area contributed by atoms with Gasteiger partial charge in [-0.2, -0.15) is 0 Å². The van der Waals surface area contributed by atoms with Gasteiger partial charge in [0.25, 0.3) is 0 Å². The molecule has 3 heteroatoms. The summed E-state index contributed by atoms with van der Waals surface area (Å²) >= 11 is 6.22. The van der Waals surface area contributed by atoms with Crippen molar-refractivity contribution in [3.63, 3.8) is 0 Å². The number of aliphatic hydroxyl groups is 1. The van der Waals surface area contributed by atoms with Crippen molar-refractivity contribution in [2.45, 2.75) is 66.2 Å². The Balaban J connectivity index is 2.39. The van der Waals surface area contributed by atoms with Gasteiger partial charge in [-0.1, -0.05) is 57.5 Å². The topological polar surface area (TPSA) is 29.5 Å². The summed E-state index contributed by atoms with van der Waals surface area (Å²) in [5.74, 6) is 1.55. The Morgan fingerprint density at radius 2 is 1.89 bits per heavy atom. The molecule has 0 spiro atoms. The molecule has 0 bridgehead atoms. The molecule has 1 N–H and O–H groups in total. The Bertz CT molecular complexity index is 724. The zero-order valence-corrected chi connectivity index (χ0v) is 17.9. The van der Waals surface area contributed by atoms with Crippen molar-refractivity contribution in [1.29, 1.82) is 0 Å². The molecule has 0 heterocycles. The van der Waals surface area contributed by atoms with E-state index in [0.29, 0.717) is 10.8 Å². The number of hydrogen-bond acceptors (Lipinski definition) is 2. The summed E-state index contributed by atoms with van der Waals surface area (Å²) in [6, 6.07) is 7.67. The van der Waals surface area contributed by atoms with Crippen LogP contribution in [0.2, 0.25) is 5.02 Å². The fourth-order valence-corrected chi connectivity index (χ4v) is 4.11. The maximum atomic E-state index is 10.8. The zero-order chi connectivity index (χ0) is 19.9. The molecule has 0 aliphatic heterocycles. The van der Waals surface area contributed by atoms with Gasteiger partial charge in [-0.05, 0) is 73.5 Å². The molecule has 0 aromatic heterocycles. The highest BCUT2D eigenvalue weighted by atomic mass is 35.5. The third kappa shape index (κ3) is 4.99. The molecule has 1 aromatic rings. The van der Waals surface area contributed by atoms with Gasteiger partial charge in [0.15, 0.2) is 0 Å². The van der Waals surface area contributed by atoms with Crippen LogP contribution < -0.4 is 0 Å². The number of hydrogen-bond donors (Lipinski definition) is 1. The quantitative estimate of drug-likeness (QED) is 0.459. The minimum Gasteiger partial charge on any atom is -0.508 e. The zero-order valence-electron chi connectivity index (χ0n) is 17.1. The number of benzene rings is 1. The van der Waals surface area contributed by atoms with E-state index in [0.717, 1.165) is 56.3 Å². The summed E-state index contributed by atoms with van der Waals surface area (Å²) in [5, 5.41) is 11.5. The average molecular weight is 389 g/mol. The third-order valence-corrected chi connectivity index (χ3v) is 6.04. The van der Waals surface area contributed by atoms with Gasteiger partial charge in [0.2, 0.25) is 0 Å². The van der Waals surface area contributed by atoms with Crippen LogP contribution in [0.25, 0.3) is 6.08 Å². The van der Waals surface area contributed by atoms with E-state index >= 15 is 0 Å². The Labute approximate surface area is 169 Å². The van der Waals surface area contributed by atoms with Crippen LogP contribution in [0.3, 0.4) is 0 Å². The van der Waals surface area contributed by atoms with Gasteiger partial charge in [0, 0.05) is 10.4 Å². The highest BCUT2D eigenvalue weighted by molar-refractivity contribution is 6.32. The fourth-order valence-electron chi connectivity index (χ4n) is 3.91. The van der Waals surface area contributed by atoms with Crippen molar-refractivity contribution in [2.24, 2.45) is 5.41 Å². The van der Waals surface area contributed by atoms with E-state index in [-0.39, 0.29) is 5.41 Å². The molecular formula is C24H33ClO2. The van der Waals surface area contributed by atoms with Crippen molar-refractivity contribution in [3.05, 3.63) is 63.6 Å². The molecule has 2 nitrogen and oxygen atoms in total. The summed E-state index contributed by atoms with van der Waals surface area (Å²) in [5.41, 5.74) is 3.33. The standard InChI is InChI=1S/C24H33ClO2/c1-5-15-27-23-18(6-2)16-20(17-24(23,7-3)8-4)22(26)14-13-19-11-9-10-12-21(19)25/h9-14,26H,5-8,15-17H2,1-4H3/b14-13+,22-20+. The number of aliphatic hydroxyl groups excluding tert-OH is 1. The second-order valence-corrected chi connectivity index (χ2v) is 7.73. The summed E-state index contributed by atoms with van der Waals surface area (Å²) in [7, 11) is 0. The smallest absolute Gasteiger partial charge is 0.115 e. The lowest BCUT2D eigenvalue weighted by molar-refractivity contribution is 0.104. The lowest BCUT2D eigenvalue weighted by atomic mass is 9.68.